The second kappa shape index (κ2) is 9.39. The van der Waals surface area contributed by atoms with Gasteiger partial charge in [-0.05, 0) is 49.6 Å². The van der Waals surface area contributed by atoms with Crippen molar-refractivity contribution >= 4 is 6.03 Å². The fourth-order valence-electron chi connectivity index (χ4n) is 1.92. The van der Waals surface area contributed by atoms with E-state index in [1.54, 1.807) is 24.3 Å². The van der Waals surface area contributed by atoms with Crippen LogP contribution in [0.25, 0.3) is 0 Å². The van der Waals surface area contributed by atoms with Crippen LogP contribution in [0.4, 0.5) is 4.79 Å². The molecule has 0 spiro atoms. The number of unbranched alkanes of at least 4 members (excludes halogenated alkanes) is 1. The number of nitrogens with two attached hydrogens (primary N) is 1. The Balaban J connectivity index is 1.93. The molecule has 1 aromatic heterocycles. The minimum absolute atomic E-state index is 0.275. The standard InChI is InChI=1S/C19H22N2O5/c1-3-4-13-24-15-7-9-17(10-8-15)26-18-12-11-16(25-18)6-5-14(2)21(23)19(20)22/h7-12,14,23H,3-4,13H2,1-2H3,(H2,20,22). The monoisotopic (exact) mass is 358 g/mol. The molecule has 0 fully saturated rings. The molecular formula is C19H22N2O5. The predicted molar refractivity (Wildman–Crippen MR) is 95.2 cm³/mol. The molecule has 2 aromatic rings. The fourth-order valence-corrected chi connectivity index (χ4v) is 1.92. The van der Waals surface area contributed by atoms with Crippen LogP contribution in [0.15, 0.2) is 40.8 Å². The summed E-state index contributed by atoms with van der Waals surface area (Å²) in [6, 6.07) is 8.75. The van der Waals surface area contributed by atoms with E-state index < -0.39 is 12.1 Å². The van der Waals surface area contributed by atoms with Gasteiger partial charge in [-0.2, -0.15) is 5.06 Å². The van der Waals surface area contributed by atoms with Crippen LogP contribution in [0, 0.1) is 11.8 Å². The number of rotatable bonds is 7. The molecule has 2 amide bonds. The molecule has 0 radical (unpaired) electrons. The molecular weight excluding hydrogens is 336 g/mol. The zero-order valence-corrected chi connectivity index (χ0v) is 14.8. The highest BCUT2D eigenvalue weighted by Crippen LogP contribution is 2.25. The van der Waals surface area contributed by atoms with E-state index in [4.69, 9.17) is 19.6 Å². The first kappa shape index (κ1) is 19.2. The highest BCUT2D eigenvalue weighted by atomic mass is 16.6. The number of carbonyl (C=O) groups excluding carboxylic acids is 1. The lowest BCUT2D eigenvalue weighted by Crippen LogP contribution is -2.38. The summed E-state index contributed by atoms with van der Waals surface area (Å²) >= 11 is 0. The van der Waals surface area contributed by atoms with Crippen LogP contribution in [0.5, 0.6) is 17.4 Å². The Morgan fingerprint density at radius 1 is 1.27 bits per heavy atom. The van der Waals surface area contributed by atoms with Gasteiger partial charge < -0.3 is 19.6 Å². The average Bonchev–Trinajstić information content (AvgIpc) is 3.08. The van der Waals surface area contributed by atoms with Crippen molar-refractivity contribution in [3.05, 3.63) is 42.2 Å². The van der Waals surface area contributed by atoms with Gasteiger partial charge in [0.2, 0.25) is 0 Å². The van der Waals surface area contributed by atoms with Crippen molar-refractivity contribution in [3.8, 4) is 29.3 Å². The fraction of sp³-hybridized carbons (Fsp3) is 0.316. The van der Waals surface area contributed by atoms with Crippen molar-refractivity contribution in [3.63, 3.8) is 0 Å². The number of hydrogen-bond acceptors (Lipinski definition) is 5. The highest BCUT2D eigenvalue weighted by molar-refractivity contribution is 5.71. The summed E-state index contributed by atoms with van der Waals surface area (Å²) in [4.78, 5) is 10.8. The van der Waals surface area contributed by atoms with E-state index in [1.807, 2.05) is 12.1 Å². The van der Waals surface area contributed by atoms with Gasteiger partial charge >= 0.3 is 6.03 Å². The zero-order valence-electron chi connectivity index (χ0n) is 14.8. The number of amides is 2. The third kappa shape index (κ3) is 5.76. The van der Waals surface area contributed by atoms with E-state index in [2.05, 4.69) is 18.8 Å². The smallest absolute Gasteiger partial charge is 0.339 e. The molecule has 0 aliphatic rings. The lowest BCUT2D eigenvalue weighted by atomic mass is 10.3. The number of hydrogen-bond donors (Lipinski definition) is 2. The van der Waals surface area contributed by atoms with Gasteiger partial charge in [-0.3, -0.25) is 5.21 Å². The largest absolute Gasteiger partial charge is 0.494 e. The van der Waals surface area contributed by atoms with Gasteiger partial charge in [0.05, 0.1) is 6.61 Å². The Kier molecular flexibility index (Phi) is 6.94. The molecule has 7 nitrogen and oxygen atoms in total. The quantitative estimate of drug-likeness (QED) is 0.340. The van der Waals surface area contributed by atoms with Crippen LogP contribution in [0.2, 0.25) is 0 Å². The summed E-state index contributed by atoms with van der Waals surface area (Å²) in [5.41, 5.74) is 4.96. The maximum Gasteiger partial charge on any atom is 0.339 e. The van der Waals surface area contributed by atoms with Crippen molar-refractivity contribution in [2.24, 2.45) is 5.73 Å². The van der Waals surface area contributed by atoms with Gasteiger partial charge in [-0.15, -0.1) is 0 Å². The average molecular weight is 358 g/mol. The second-order valence-electron chi connectivity index (χ2n) is 5.52. The topological polar surface area (TPSA) is 98.2 Å². The molecule has 2 rings (SSSR count). The van der Waals surface area contributed by atoms with Gasteiger partial charge in [-0.25, -0.2) is 4.79 Å². The number of hydroxylamine groups is 2. The van der Waals surface area contributed by atoms with Crippen molar-refractivity contribution in [1.82, 2.24) is 5.06 Å². The molecule has 26 heavy (non-hydrogen) atoms. The first-order chi connectivity index (χ1) is 12.5. The third-order valence-electron chi connectivity index (χ3n) is 3.39. The summed E-state index contributed by atoms with van der Waals surface area (Å²) in [5.74, 6) is 7.35. The molecule has 0 saturated heterocycles. The maximum atomic E-state index is 10.8. The molecule has 7 heteroatoms. The zero-order chi connectivity index (χ0) is 18.9. The molecule has 3 N–H and O–H groups in total. The van der Waals surface area contributed by atoms with Crippen LogP contribution >= 0.6 is 0 Å². The first-order valence-corrected chi connectivity index (χ1v) is 8.29. The summed E-state index contributed by atoms with van der Waals surface area (Å²) in [7, 11) is 0. The minimum atomic E-state index is -0.975. The van der Waals surface area contributed by atoms with Crippen LogP contribution in [-0.4, -0.2) is 29.0 Å². The molecule has 0 bridgehead atoms. The van der Waals surface area contributed by atoms with Crippen LogP contribution in [0.3, 0.4) is 0 Å². The van der Waals surface area contributed by atoms with Gasteiger partial charge in [0.1, 0.15) is 17.5 Å². The lowest BCUT2D eigenvalue weighted by molar-refractivity contribution is -0.0536. The summed E-state index contributed by atoms with van der Waals surface area (Å²) in [6.07, 6.45) is 2.10. The van der Waals surface area contributed by atoms with E-state index in [1.165, 1.54) is 6.92 Å². The Bertz CT molecular complexity index is 773. The normalized spacial score (nSPS) is 11.2. The van der Waals surface area contributed by atoms with E-state index in [0.717, 1.165) is 18.6 Å². The van der Waals surface area contributed by atoms with Crippen molar-refractivity contribution in [2.45, 2.75) is 32.7 Å². The molecule has 1 aromatic carbocycles. The SMILES string of the molecule is CCCCOc1ccc(Oc2ccc(C#CC(C)N(O)C(N)=O)o2)cc1. The Morgan fingerprint density at radius 3 is 2.62 bits per heavy atom. The number of nitrogens with zero attached hydrogens (tertiary/aromatic N) is 1. The van der Waals surface area contributed by atoms with Crippen molar-refractivity contribution in [2.75, 3.05) is 6.61 Å². The third-order valence-corrected chi connectivity index (χ3v) is 3.39. The number of urea groups is 1. The lowest BCUT2D eigenvalue weighted by Gasteiger charge is -2.14. The van der Waals surface area contributed by atoms with E-state index in [0.29, 0.717) is 23.2 Å². The Labute approximate surface area is 152 Å². The number of ether oxygens (including phenoxy) is 2. The Morgan fingerprint density at radius 2 is 1.96 bits per heavy atom. The van der Waals surface area contributed by atoms with Crippen molar-refractivity contribution < 1.29 is 23.9 Å². The van der Waals surface area contributed by atoms with Crippen molar-refractivity contribution in [1.29, 1.82) is 0 Å². The molecule has 0 aliphatic heterocycles. The first-order valence-electron chi connectivity index (χ1n) is 8.29. The number of furan rings is 1. The summed E-state index contributed by atoms with van der Waals surface area (Å²) in [6.45, 7) is 4.33. The number of primary amides is 1. The van der Waals surface area contributed by atoms with Crippen LogP contribution in [0.1, 0.15) is 32.4 Å². The molecule has 1 heterocycles. The van der Waals surface area contributed by atoms with Gasteiger partial charge in [0, 0.05) is 6.07 Å². The maximum absolute atomic E-state index is 10.8. The number of carbonyl (C=O) groups is 1. The summed E-state index contributed by atoms with van der Waals surface area (Å²) in [5, 5.41) is 9.70. The number of benzene rings is 1. The van der Waals surface area contributed by atoms with Crippen LogP contribution in [-0.2, 0) is 0 Å². The molecule has 138 valence electrons. The second-order valence-corrected chi connectivity index (χ2v) is 5.52. The minimum Gasteiger partial charge on any atom is -0.494 e. The van der Waals surface area contributed by atoms with Gasteiger partial charge in [0.15, 0.2) is 5.76 Å². The van der Waals surface area contributed by atoms with Gasteiger partial charge in [-0.1, -0.05) is 19.3 Å². The highest BCUT2D eigenvalue weighted by Gasteiger charge is 2.12. The molecule has 0 saturated carbocycles. The van der Waals surface area contributed by atoms with E-state index in [-0.39, 0.29) is 5.95 Å². The molecule has 0 aliphatic carbocycles. The molecule has 1 atom stereocenters. The van der Waals surface area contributed by atoms with E-state index >= 15 is 0 Å². The Hall–Kier alpha value is -3.11. The van der Waals surface area contributed by atoms with Crippen LogP contribution < -0.4 is 15.2 Å². The summed E-state index contributed by atoms with van der Waals surface area (Å²) < 4.78 is 16.6. The van der Waals surface area contributed by atoms with Gasteiger partial charge in [0.25, 0.3) is 5.95 Å². The van der Waals surface area contributed by atoms with E-state index in [9.17, 15) is 10.0 Å². The predicted octanol–water partition coefficient (Wildman–Crippen LogP) is 3.76. The molecule has 1 unspecified atom stereocenters.